The number of thioether (sulfide) groups is 1. The van der Waals surface area contributed by atoms with Gasteiger partial charge < -0.3 is 14.7 Å². The molecule has 1 aromatic heterocycles. The first-order valence-corrected chi connectivity index (χ1v) is 12.0. The molecule has 0 radical (unpaired) electrons. The van der Waals surface area contributed by atoms with Gasteiger partial charge in [0.2, 0.25) is 0 Å². The highest BCUT2D eigenvalue weighted by Crippen LogP contribution is 2.44. The summed E-state index contributed by atoms with van der Waals surface area (Å²) in [5.74, 6) is -0.467. The normalized spacial score (nSPS) is 17.1. The van der Waals surface area contributed by atoms with E-state index in [1.54, 1.807) is 0 Å². The highest BCUT2D eigenvalue weighted by molar-refractivity contribution is 7.99. The molecule has 10 heteroatoms. The monoisotopic (exact) mass is 478 g/mol. The number of amides is 2. The van der Waals surface area contributed by atoms with Gasteiger partial charge in [-0.2, -0.15) is 16.9 Å². The maximum absolute atomic E-state index is 12.8. The molecule has 5 rings (SSSR count). The molecule has 34 heavy (non-hydrogen) atoms. The molecular weight excluding hydrogens is 456 g/mol. The third-order valence-corrected chi connectivity index (χ3v) is 7.08. The molecule has 1 saturated heterocycles. The van der Waals surface area contributed by atoms with E-state index >= 15 is 0 Å². The van der Waals surface area contributed by atoms with Crippen molar-refractivity contribution in [2.75, 3.05) is 30.0 Å². The fraction of sp³-hybridized carbons (Fsp3) is 0.250. The largest absolute Gasteiger partial charge is 0.480 e. The van der Waals surface area contributed by atoms with E-state index in [2.05, 4.69) is 27.6 Å². The van der Waals surface area contributed by atoms with E-state index < -0.39 is 24.0 Å². The second-order valence-corrected chi connectivity index (χ2v) is 9.19. The number of aromatic amines is 1. The van der Waals surface area contributed by atoms with Crippen molar-refractivity contribution in [3.8, 4) is 11.1 Å². The Bertz CT molecular complexity index is 1210. The summed E-state index contributed by atoms with van der Waals surface area (Å²) in [4.78, 5) is 38.0. The Morgan fingerprint density at radius 2 is 1.79 bits per heavy atom. The van der Waals surface area contributed by atoms with Gasteiger partial charge >= 0.3 is 12.1 Å². The van der Waals surface area contributed by atoms with Crippen molar-refractivity contribution >= 4 is 35.5 Å². The maximum Gasteiger partial charge on any atom is 0.412 e. The van der Waals surface area contributed by atoms with Gasteiger partial charge in [-0.1, -0.05) is 48.5 Å². The summed E-state index contributed by atoms with van der Waals surface area (Å²) >= 11 is 1.49. The van der Waals surface area contributed by atoms with Crippen LogP contribution in [-0.2, 0) is 9.53 Å². The van der Waals surface area contributed by atoms with Gasteiger partial charge in [0.15, 0.2) is 5.82 Å². The molecule has 174 valence electrons. The molecule has 1 unspecified atom stereocenters. The third-order valence-electron chi connectivity index (χ3n) is 6.06. The second-order valence-electron chi connectivity index (χ2n) is 8.04. The van der Waals surface area contributed by atoms with Crippen LogP contribution < -0.4 is 5.32 Å². The smallest absolute Gasteiger partial charge is 0.412 e. The third kappa shape index (κ3) is 4.12. The Morgan fingerprint density at radius 1 is 1.12 bits per heavy atom. The van der Waals surface area contributed by atoms with Gasteiger partial charge in [0.25, 0.3) is 5.91 Å². The van der Waals surface area contributed by atoms with Crippen LogP contribution >= 0.6 is 11.8 Å². The van der Waals surface area contributed by atoms with Gasteiger partial charge in [-0.25, -0.2) is 9.59 Å². The van der Waals surface area contributed by atoms with Crippen molar-refractivity contribution in [2.45, 2.75) is 12.0 Å². The standard InChI is InChI=1S/C24H22N4O5S/c29-22(28-9-10-34-13-20(28)23(30)31)19-11-21(27-26-19)25-24(32)33-12-18-16-7-3-1-5-14(16)15-6-2-4-8-17(15)18/h1-8,11,18,20H,9-10,12-13H2,(H,30,31)(H2,25,26,27,32). The van der Waals surface area contributed by atoms with Gasteiger partial charge in [-0.3, -0.25) is 15.2 Å². The van der Waals surface area contributed by atoms with E-state index in [1.165, 1.54) is 22.7 Å². The molecule has 2 aromatic carbocycles. The van der Waals surface area contributed by atoms with Gasteiger partial charge in [-0.15, -0.1) is 0 Å². The number of nitrogens with one attached hydrogen (secondary N) is 2. The summed E-state index contributed by atoms with van der Waals surface area (Å²) in [6, 6.07) is 16.6. The number of carbonyl (C=O) groups is 3. The molecule has 1 aliphatic heterocycles. The highest BCUT2D eigenvalue weighted by Gasteiger charge is 2.34. The van der Waals surface area contributed by atoms with Crippen LogP contribution in [-0.4, -0.2) is 68.9 Å². The van der Waals surface area contributed by atoms with Crippen molar-refractivity contribution in [1.29, 1.82) is 0 Å². The fourth-order valence-electron chi connectivity index (χ4n) is 4.44. The summed E-state index contributed by atoms with van der Waals surface area (Å²) in [7, 11) is 0. The molecule has 1 fully saturated rings. The lowest BCUT2D eigenvalue weighted by molar-refractivity contribution is -0.141. The quantitative estimate of drug-likeness (QED) is 0.513. The molecule has 1 aliphatic carbocycles. The lowest BCUT2D eigenvalue weighted by atomic mass is 9.98. The van der Waals surface area contributed by atoms with E-state index in [4.69, 9.17) is 4.74 Å². The zero-order valence-corrected chi connectivity index (χ0v) is 18.9. The lowest BCUT2D eigenvalue weighted by Crippen LogP contribution is -2.50. The number of H-pyrrole nitrogens is 1. The van der Waals surface area contributed by atoms with E-state index in [0.717, 1.165) is 22.3 Å². The Morgan fingerprint density at radius 3 is 2.47 bits per heavy atom. The molecule has 2 amide bonds. The number of benzene rings is 2. The number of hydrogen-bond donors (Lipinski definition) is 3. The fourth-order valence-corrected chi connectivity index (χ4v) is 5.48. The SMILES string of the molecule is O=C(Nc1cc(C(=O)N2CCSCC2C(=O)O)[nH]n1)OCC1c2ccccc2-c2ccccc21. The molecule has 3 aromatic rings. The molecule has 2 aliphatic rings. The van der Waals surface area contributed by atoms with Gasteiger partial charge in [0, 0.05) is 30.0 Å². The number of hydrogen-bond acceptors (Lipinski definition) is 6. The lowest BCUT2D eigenvalue weighted by Gasteiger charge is -2.32. The van der Waals surface area contributed by atoms with Crippen molar-refractivity contribution in [3.05, 3.63) is 71.4 Å². The summed E-state index contributed by atoms with van der Waals surface area (Å²) in [6.07, 6.45) is -0.690. The number of carboxylic acids is 1. The highest BCUT2D eigenvalue weighted by atomic mass is 32.2. The van der Waals surface area contributed by atoms with Crippen LogP contribution in [0.15, 0.2) is 54.6 Å². The number of carbonyl (C=O) groups excluding carboxylic acids is 2. The average molecular weight is 479 g/mol. The number of fused-ring (bicyclic) bond motifs is 3. The number of aliphatic carboxylic acids is 1. The van der Waals surface area contributed by atoms with Crippen LogP contribution in [0.25, 0.3) is 11.1 Å². The number of carboxylic acid groups (broad SMARTS) is 1. The van der Waals surface area contributed by atoms with Crippen molar-refractivity contribution in [1.82, 2.24) is 15.1 Å². The van der Waals surface area contributed by atoms with E-state index in [9.17, 15) is 19.5 Å². The number of nitrogens with zero attached hydrogens (tertiary/aromatic N) is 2. The molecule has 1 atom stereocenters. The first kappa shape index (κ1) is 22.0. The van der Waals surface area contributed by atoms with Crippen molar-refractivity contribution in [3.63, 3.8) is 0 Å². The molecule has 2 heterocycles. The van der Waals surface area contributed by atoms with Gasteiger partial charge in [0.1, 0.15) is 18.3 Å². The number of aromatic nitrogens is 2. The van der Waals surface area contributed by atoms with Crippen LogP contribution in [0.3, 0.4) is 0 Å². The number of rotatable bonds is 5. The zero-order chi connectivity index (χ0) is 23.7. The Hall–Kier alpha value is -3.79. The van der Waals surface area contributed by atoms with Crippen LogP contribution in [0.5, 0.6) is 0 Å². The van der Waals surface area contributed by atoms with Crippen LogP contribution in [0.1, 0.15) is 27.5 Å². The van der Waals surface area contributed by atoms with Crippen LogP contribution in [0.2, 0.25) is 0 Å². The Labute approximate surface area is 199 Å². The Balaban J connectivity index is 1.23. The molecule has 3 N–H and O–H groups in total. The van der Waals surface area contributed by atoms with Crippen LogP contribution in [0.4, 0.5) is 10.6 Å². The molecule has 0 spiro atoms. The molecule has 0 bridgehead atoms. The van der Waals surface area contributed by atoms with E-state index in [1.807, 2.05) is 36.4 Å². The Kier molecular flexibility index (Phi) is 5.97. The summed E-state index contributed by atoms with van der Waals surface area (Å²) in [5, 5.41) is 18.5. The number of anilines is 1. The summed E-state index contributed by atoms with van der Waals surface area (Å²) < 4.78 is 5.50. The predicted molar refractivity (Wildman–Crippen MR) is 127 cm³/mol. The molecule has 0 saturated carbocycles. The zero-order valence-electron chi connectivity index (χ0n) is 18.1. The summed E-state index contributed by atoms with van der Waals surface area (Å²) in [6.45, 7) is 0.483. The maximum atomic E-state index is 12.8. The predicted octanol–water partition coefficient (Wildman–Crippen LogP) is 3.41. The van der Waals surface area contributed by atoms with Crippen molar-refractivity contribution < 1.29 is 24.2 Å². The topological polar surface area (TPSA) is 125 Å². The van der Waals surface area contributed by atoms with E-state index in [-0.39, 0.29) is 24.0 Å². The minimum atomic E-state index is -1.04. The van der Waals surface area contributed by atoms with Gasteiger partial charge in [0.05, 0.1) is 0 Å². The second kappa shape index (κ2) is 9.22. The molecule has 9 nitrogen and oxygen atoms in total. The average Bonchev–Trinajstić information content (AvgIpc) is 3.45. The first-order valence-electron chi connectivity index (χ1n) is 10.8. The summed E-state index contributed by atoms with van der Waals surface area (Å²) in [5.41, 5.74) is 4.59. The first-order chi connectivity index (χ1) is 16.5. The number of ether oxygens (including phenoxy) is 1. The van der Waals surface area contributed by atoms with Crippen LogP contribution in [0, 0.1) is 0 Å². The minimum absolute atomic E-state index is 0.0700. The molecular formula is C24H22N4O5S. The van der Waals surface area contributed by atoms with E-state index in [0.29, 0.717) is 18.1 Å². The van der Waals surface area contributed by atoms with Gasteiger partial charge in [-0.05, 0) is 22.3 Å². The van der Waals surface area contributed by atoms with Crippen molar-refractivity contribution in [2.24, 2.45) is 0 Å². The minimum Gasteiger partial charge on any atom is -0.480 e.